The molecule has 3 aromatic rings. The maximum Gasteiger partial charge on any atom is 0.274 e. The van der Waals surface area contributed by atoms with E-state index < -0.39 is 0 Å². The Morgan fingerprint density at radius 2 is 1.95 bits per heavy atom. The number of halogens is 2. The monoisotopic (exact) mass is 380 g/mol. The Morgan fingerprint density at radius 1 is 1.23 bits per heavy atom. The molecule has 0 aliphatic rings. The standard InChI is InChI=1S/C16H14BrClN2O2/c1-19-16(21)11-7-8-12(17)15(22-2)14(11)20(19)9-10-5-3-4-6-13(10)18/h3-8H,9H2,1-2H3. The number of benzene rings is 2. The molecule has 0 N–H and O–H groups in total. The maximum atomic E-state index is 12.4. The molecule has 0 atom stereocenters. The zero-order chi connectivity index (χ0) is 15.9. The summed E-state index contributed by atoms with van der Waals surface area (Å²) in [5.41, 5.74) is 1.64. The van der Waals surface area contributed by atoms with Gasteiger partial charge in [0.15, 0.2) is 5.75 Å². The maximum absolute atomic E-state index is 12.4. The van der Waals surface area contributed by atoms with Crippen LogP contribution in [0, 0.1) is 0 Å². The van der Waals surface area contributed by atoms with Crippen molar-refractivity contribution in [3.05, 3.63) is 61.8 Å². The molecule has 2 aromatic carbocycles. The first-order valence-corrected chi connectivity index (χ1v) is 7.87. The van der Waals surface area contributed by atoms with Crippen LogP contribution in [-0.4, -0.2) is 16.5 Å². The average Bonchev–Trinajstić information content (AvgIpc) is 2.74. The van der Waals surface area contributed by atoms with Gasteiger partial charge < -0.3 is 4.74 Å². The van der Waals surface area contributed by atoms with Crippen molar-refractivity contribution < 1.29 is 4.74 Å². The van der Waals surface area contributed by atoms with Gasteiger partial charge >= 0.3 is 0 Å². The van der Waals surface area contributed by atoms with Gasteiger partial charge in [0.05, 0.1) is 23.5 Å². The molecule has 0 saturated carbocycles. The summed E-state index contributed by atoms with van der Waals surface area (Å²) in [6.07, 6.45) is 0. The molecule has 0 aliphatic carbocycles. The topological polar surface area (TPSA) is 36.2 Å². The number of nitrogens with zero attached hydrogens (tertiary/aromatic N) is 2. The second-order valence-corrected chi connectivity index (χ2v) is 6.22. The van der Waals surface area contributed by atoms with Crippen LogP contribution < -0.4 is 10.3 Å². The van der Waals surface area contributed by atoms with Gasteiger partial charge in [0, 0.05) is 12.1 Å². The first kappa shape index (κ1) is 15.2. The lowest BCUT2D eigenvalue weighted by Gasteiger charge is -2.13. The average molecular weight is 382 g/mol. The number of ether oxygens (including phenoxy) is 1. The molecule has 0 aliphatic heterocycles. The first-order valence-electron chi connectivity index (χ1n) is 6.70. The van der Waals surface area contributed by atoms with Gasteiger partial charge in [-0.1, -0.05) is 29.8 Å². The van der Waals surface area contributed by atoms with Crippen LogP contribution in [0.5, 0.6) is 5.75 Å². The van der Waals surface area contributed by atoms with Crippen LogP contribution >= 0.6 is 27.5 Å². The Bertz CT molecular complexity index is 914. The van der Waals surface area contributed by atoms with Crippen molar-refractivity contribution in [2.45, 2.75) is 6.54 Å². The summed E-state index contributed by atoms with van der Waals surface area (Å²) >= 11 is 9.72. The van der Waals surface area contributed by atoms with Crippen LogP contribution in [0.25, 0.3) is 10.9 Å². The van der Waals surface area contributed by atoms with Gasteiger partial charge in [-0.25, -0.2) is 0 Å². The van der Waals surface area contributed by atoms with Crippen molar-refractivity contribution in [3.63, 3.8) is 0 Å². The Balaban J connectivity index is 2.29. The zero-order valence-electron chi connectivity index (χ0n) is 12.1. The van der Waals surface area contributed by atoms with Gasteiger partial charge in [0.1, 0.15) is 5.52 Å². The van der Waals surface area contributed by atoms with Crippen molar-refractivity contribution in [3.8, 4) is 5.75 Å². The zero-order valence-corrected chi connectivity index (χ0v) is 14.5. The molecule has 22 heavy (non-hydrogen) atoms. The highest BCUT2D eigenvalue weighted by atomic mass is 79.9. The summed E-state index contributed by atoms with van der Waals surface area (Å²) < 4.78 is 9.75. The van der Waals surface area contributed by atoms with Crippen LogP contribution in [0.4, 0.5) is 0 Å². The number of methoxy groups -OCH3 is 1. The van der Waals surface area contributed by atoms with E-state index in [-0.39, 0.29) is 5.56 Å². The van der Waals surface area contributed by atoms with Crippen molar-refractivity contribution in [1.82, 2.24) is 9.36 Å². The van der Waals surface area contributed by atoms with E-state index in [9.17, 15) is 4.79 Å². The number of rotatable bonds is 3. The van der Waals surface area contributed by atoms with E-state index >= 15 is 0 Å². The fraction of sp³-hybridized carbons (Fsp3) is 0.188. The third-order valence-corrected chi connectivity index (χ3v) is 4.70. The minimum atomic E-state index is -0.0622. The Labute approximate surface area is 141 Å². The van der Waals surface area contributed by atoms with Gasteiger partial charge in [0.2, 0.25) is 0 Å². The minimum Gasteiger partial charge on any atom is -0.493 e. The molecule has 1 aromatic heterocycles. The number of hydrogen-bond donors (Lipinski definition) is 0. The highest BCUT2D eigenvalue weighted by molar-refractivity contribution is 9.10. The molecule has 0 amide bonds. The summed E-state index contributed by atoms with van der Waals surface area (Å²) in [5.74, 6) is 0.641. The predicted molar refractivity (Wildman–Crippen MR) is 92.0 cm³/mol. The van der Waals surface area contributed by atoms with Gasteiger partial charge in [-0.2, -0.15) is 0 Å². The number of aromatic nitrogens is 2. The third kappa shape index (κ3) is 2.34. The largest absolute Gasteiger partial charge is 0.493 e. The Morgan fingerprint density at radius 3 is 2.64 bits per heavy atom. The van der Waals surface area contributed by atoms with Crippen molar-refractivity contribution in [1.29, 1.82) is 0 Å². The second-order valence-electron chi connectivity index (χ2n) is 4.95. The molecular formula is C16H14BrClN2O2. The smallest absolute Gasteiger partial charge is 0.274 e. The van der Waals surface area contributed by atoms with E-state index in [1.165, 1.54) is 0 Å². The highest BCUT2D eigenvalue weighted by Gasteiger charge is 2.18. The minimum absolute atomic E-state index is 0.0622. The summed E-state index contributed by atoms with van der Waals surface area (Å²) in [6.45, 7) is 0.488. The summed E-state index contributed by atoms with van der Waals surface area (Å²) in [5, 5.41) is 1.29. The lowest BCUT2D eigenvalue weighted by molar-refractivity contribution is 0.412. The third-order valence-electron chi connectivity index (χ3n) is 3.71. The highest BCUT2D eigenvalue weighted by Crippen LogP contribution is 2.33. The first-order chi connectivity index (χ1) is 10.5. The lowest BCUT2D eigenvalue weighted by Crippen LogP contribution is -2.19. The van der Waals surface area contributed by atoms with Crippen molar-refractivity contribution in [2.75, 3.05) is 7.11 Å². The number of hydrogen-bond acceptors (Lipinski definition) is 2. The van der Waals surface area contributed by atoms with E-state index in [0.717, 1.165) is 15.6 Å². The molecule has 0 radical (unpaired) electrons. The summed E-state index contributed by atoms with van der Waals surface area (Å²) in [6, 6.07) is 11.2. The summed E-state index contributed by atoms with van der Waals surface area (Å²) in [7, 11) is 3.34. The van der Waals surface area contributed by atoms with Gasteiger partial charge in [0.25, 0.3) is 5.56 Å². The molecule has 0 bridgehead atoms. The van der Waals surface area contributed by atoms with Crippen LogP contribution in [-0.2, 0) is 13.6 Å². The molecule has 0 saturated heterocycles. The van der Waals surface area contributed by atoms with Gasteiger partial charge in [-0.3, -0.25) is 14.2 Å². The van der Waals surface area contributed by atoms with Crippen molar-refractivity contribution in [2.24, 2.45) is 7.05 Å². The van der Waals surface area contributed by atoms with Crippen LogP contribution in [0.3, 0.4) is 0 Å². The van der Waals surface area contributed by atoms with Crippen LogP contribution in [0.2, 0.25) is 5.02 Å². The molecule has 3 rings (SSSR count). The van der Waals surface area contributed by atoms with E-state index in [0.29, 0.717) is 22.7 Å². The Kier molecular flexibility index (Phi) is 4.02. The molecule has 114 valence electrons. The molecule has 0 unspecified atom stereocenters. The molecule has 4 nitrogen and oxygen atoms in total. The van der Waals surface area contributed by atoms with Crippen LogP contribution in [0.1, 0.15) is 5.56 Å². The van der Waals surface area contributed by atoms with E-state index in [2.05, 4.69) is 15.9 Å². The molecule has 0 spiro atoms. The van der Waals surface area contributed by atoms with E-state index in [4.69, 9.17) is 16.3 Å². The fourth-order valence-corrected chi connectivity index (χ4v) is 3.25. The quantitative estimate of drug-likeness (QED) is 0.691. The molecule has 1 heterocycles. The number of fused-ring (bicyclic) bond motifs is 1. The van der Waals surface area contributed by atoms with E-state index in [1.54, 1.807) is 24.9 Å². The normalized spacial score (nSPS) is 11.1. The van der Waals surface area contributed by atoms with Crippen molar-refractivity contribution >= 4 is 38.4 Å². The molecule has 6 heteroatoms. The fourth-order valence-electron chi connectivity index (χ4n) is 2.58. The summed E-state index contributed by atoms with van der Waals surface area (Å²) in [4.78, 5) is 12.4. The SMILES string of the molecule is COc1c(Br)ccc2c(=O)n(C)n(Cc3ccccc3Cl)c12. The van der Waals surface area contributed by atoms with E-state index in [1.807, 2.05) is 35.0 Å². The second kappa shape index (κ2) is 5.82. The Hall–Kier alpha value is -1.72. The molecular weight excluding hydrogens is 368 g/mol. The van der Waals surface area contributed by atoms with Crippen LogP contribution in [0.15, 0.2) is 45.7 Å². The van der Waals surface area contributed by atoms with Gasteiger partial charge in [-0.15, -0.1) is 0 Å². The van der Waals surface area contributed by atoms with Gasteiger partial charge in [-0.05, 0) is 39.7 Å². The lowest BCUT2D eigenvalue weighted by atomic mass is 10.2. The predicted octanol–water partition coefficient (Wildman–Crippen LogP) is 3.81. The molecule has 0 fully saturated rings.